The molecule has 0 aliphatic rings. The second-order valence-corrected chi connectivity index (χ2v) is 11.7. The summed E-state index contributed by atoms with van der Waals surface area (Å²) in [4.78, 5) is 42.5. The maximum absolute atomic E-state index is 12.3. The molecule has 0 saturated carbocycles. The number of carbonyl (C=O) groups is 2. The van der Waals surface area contributed by atoms with E-state index in [1.54, 1.807) is 0 Å². The lowest BCUT2D eigenvalue weighted by Crippen LogP contribution is -2.29. The lowest BCUT2D eigenvalue weighted by atomic mass is 10.1. The van der Waals surface area contributed by atoms with Crippen molar-refractivity contribution in [2.75, 3.05) is 13.2 Å². The number of hydrogen-bond donors (Lipinski definition) is 2. The Morgan fingerprint density at radius 1 is 0.574 bits per heavy atom. The van der Waals surface area contributed by atoms with Crippen molar-refractivity contribution in [3.05, 3.63) is 109 Å². The smallest absolute Gasteiger partial charge is 0.462 e. The zero-order chi connectivity index (χ0) is 34.7. The minimum absolute atomic E-state index is 0.101. The summed E-state index contributed by atoms with van der Waals surface area (Å²) < 4.78 is 26.1. The van der Waals surface area contributed by atoms with Gasteiger partial charge in [-0.3, -0.25) is 14.1 Å². The Kier molecular flexibility index (Phi) is 30.4. The van der Waals surface area contributed by atoms with E-state index < -0.39 is 32.5 Å². The quantitative estimate of drug-likeness (QED) is 0.0277. The fraction of sp³-hybridized carbons (Fsp3) is 0.474. The first-order chi connectivity index (χ1) is 22.8. The van der Waals surface area contributed by atoms with Gasteiger partial charge in [-0.05, 0) is 64.2 Å². The van der Waals surface area contributed by atoms with E-state index in [9.17, 15) is 14.2 Å². The van der Waals surface area contributed by atoms with Crippen molar-refractivity contribution >= 4 is 19.8 Å². The number of unbranched alkanes of at least 4 members (excludes halogenated alkanes) is 4. The molecule has 8 nitrogen and oxygen atoms in total. The van der Waals surface area contributed by atoms with Crippen LogP contribution in [0.3, 0.4) is 0 Å². The maximum atomic E-state index is 12.3. The minimum Gasteiger partial charge on any atom is -0.462 e. The monoisotopic (exact) mass is 672 g/mol. The Balaban J connectivity index is 4.23. The van der Waals surface area contributed by atoms with Crippen LogP contribution in [0.4, 0.5) is 0 Å². The average Bonchev–Trinajstić information content (AvgIpc) is 3.03. The summed E-state index contributed by atoms with van der Waals surface area (Å²) in [6.07, 6.45) is 45.4. The van der Waals surface area contributed by atoms with Gasteiger partial charge >= 0.3 is 19.8 Å². The van der Waals surface area contributed by atoms with Crippen molar-refractivity contribution in [2.24, 2.45) is 0 Å². The molecule has 0 rings (SSSR count). The van der Waals surface area contributed by atoms with E-state index in [1.165, 1.54) is 0 Å². The molecule has 0 aromatic rings. The van der Waals surface area contributed by atoms with Crippen LogP contribution in [0.25, 0.3) is 0 Å². The first-order valence-electron chi connectivity index (χ1n) is 16.7. The molecule has 0 aromatic heterocycles. The van der Waals surface area contributed by atoms with Crippen LogP contribution in [-0.2, 0) is 28.2 Å². The van der Waals surface area contributed by atoms with Crippen LogP contribution in [0.15, 0.2) is 109 Å². The maximum Gasteiger partial charge on any atom is 0.469 e. The third-order valence-corrected chi connectivity index (χ3v) is 6.65. The van der Waals surface area contributed by atoms with Gasteiger partial charge in [0.25, 0.3) is 0 Å². The summed E-state index contributed by atoms with van der Waals surface area (Å²) in [5.41, 5.74) is 0. The zero-order valence-corrected chi connectivity index (χ0v) is 29.3. The van der Waals surface area contributed by atoms with Gasteiger partial charge in [0.2, 0.25) is 0 Å². The van der Waals surface area contributed by atoms with Crippen molar-refractivity contribution in [3.8, 4) is 0 Å². The van der Waals surface area contributed by atoms with E-state index in [0.29, 0.717) is 19.3 Å². The Morgan fingerprint density at radius 3 is 1.68 bits per heavy atom. The highest BCUT2D eigenvalue weighted by Crippen LogP contribution is 2.35. The molecule has 1 atom stereocenters. The number of esters is 2. The van der Waals surface area contributed by atoms with Crippen LogP contribution in [0, 0.1) is 0 Å². The number of phosphoric acid groups is 1. The Labute approximate surface area is 283 Å². The second kappa shape index (κ2) is 32.6. The van der Waals surface area contributed by atoms with Crippen LogP contribution in [-0.4, -0.2) is 41.0 Å². The van der Waals surface area contributed by atoms with Crippen molar-refractivity contribution in [1.82, 2.24) is 0 Å². The summed E-state index contributed by atoms with van der Waals surface area (Å²) in [6, 6.07) is 0. The summed E-state index contributed by atoms with van der Waals surface area (Å²) in [7, 11) is -4.78. The summed E-state index contributed by atoms with van der Waals surface area (Å²) in [6.45, 7) is 3.29. The van der Waals surface area contributed by atoms with Crippen molar-refractivity contribution < 1.29 is 37.9 Å². The van der Waals surface area contributed by atoms with Gasteiger partial charge in [-0.2, -0.15) is 0 Å². The first kappa shape index (κ1) is 43.7. The summed E-state index contributed by atoms with van der Waals surface area (Å²) in [5.74, 6) is -1.03. The number of allylic oxidation sites excluding steroid dienone is 18. The van der Waals surface area contributed by atoms with Crippen molar-refractivity contribution in [2.45, 2.75) is 103 Å². The molecule has 2 N–H and O–H groups in total. The summed E-state index contributed by atoms with van der Waals surface area (Å²) >= 11 is 0. The van der Waals surface area contributed by atoms with Crippen LogP contribution in [0.5, 0.6) is 0 Å². The van der Waals surface area contributed by atoms with E-state index >= 15 is 0 Å². The molecule has 0 saturated heterocycles. The number of ether oxygens (including phenoxy) is 2. The molecule has 0 amide bonds. The Morgan fingerprint density at radius 2 is 1.09 bits per heavy atom. The minimum atomic E-state index is -4.78. The zero-order valence-electron chi connectivity index (χ0n) is 28.4. The topological polar surface area (TPSA) is 119 Å². The number of carbonyl (C=O) groups excluding carboxylic acids is 2. The second-order valence-electron chi connectivity index (χ2n) is 10.5. The molecule has 0 aromatic carbocycles. The molecule has 0 spiro atoms. The molecule has 0 heterocycles. The predicted molar refractivity (Wildman–Crippen MR) is 192 cm³/mol. The van der Waals surface area contributed by atoms with Crippen LogP contribution in [0.1, 0.15) is 97.3 Å². The first-order valence-corrected chi connectivity index (χ1v) is 18.3. The van der Waals surface area contributed by atoms with E-state index in [-0.39, 0.29) is 19.4 Å². The normalized spacial score (nSPS) is 13.9. The Hall–Kier alpha value is -3.29. The molecule has 47 heavy (non-hydrogen) atoms. The van der Waals surface area contributed by atoms with E-state index in [4.69, 9.17) is 19.3 Å². The fourth-order valence-electron chi connectivity index (χ4n) is 3.74. The highest BCUT2D eigenvalue weighted by atomic mass is 31.2. The highest BCUT2D eigenvalue weighted by Gasteiger charge is 2.22. The van der Waals surface area contributed by atoms with Crippen LogP contribution >= 0.6 is 7.82 Å². The Bertz CT molecular complexity index is 1120. The third-order valence-electron chi connectivity index (χ3n) is 6.16. The SMILES string of the molecule is CC/C=C/C=C/C=C/C=C/C=C/CCCC(=O)OC(COC(=O)CCCCC/C=C/C/C=C/C/C=C/C/C=C/CC)COP(=O)(O)O. The molecule has 9 heteroatoms. The van der Waals surface area contributed by atoms with Crippen LogP contribution < -0.4 is 0 Å². The van der Waals surface area contributed by atoms with Gasteiger partial charge in [0.1, 0.15) is 6.61 Å². The molecule has 1 unspecified atom stereocenters. The van der Waals surface area contributed by atoms with Gasteiger partial charge in [0.05, 0.1) is 6.61 Å². The van der Waals surface area contributed by atoms with Gasteiger partial charge in [-0.15, -0.1) is 0 Å². The van der Waals surface area contributed by atoms with Crippen molar-refractivity contribution in [1.29, 1.82) is 0 Å². The largest absolute Gasteiger partial charge is 0.469 e. The number of hydrogen-bond acceptors (Lipinski definition) is 6. The fourth-order valence-corrected chi connectivity index (χ4v) is 4.10. The molecule has 262 valence electrons. The third kappa shape index (κ3) is 35.4. The summed E-state index contributed by atoms with van der Waals surface area (Å²) in [5, 5.41) is 0. The van der Waals surface area contributed by atoms with Gasteiger partial charge in [0.15, 0.2) is 6.10 Å². The molecular formula is C38H57O8P. The molecule has 0 bridgehead atoms. The van der Waals surface area contributed by atoms with E-state index in [0.717, 1.165) is 51.4 Å². The van der Waals surface area contributed by atoms with Gasteiger partial charge in [-0.1, -0.05) is 130 Å². The number of phosphoric ester groups is 1. The van der Waals surface area contributed by atoms with Gasteiger partial charge < -0.3 is 19.3 Å². The standard InChI is InChI=1S/C38H57O8P/c1-3-5-7-9-11-13-15-17-18-19-21-22-24-26-28-30-32-37(39)44-34-36(35-45-47(41,42)43)46-38(40)33-31-29-27-25-23-20-16-14-12-10-8-6-4-2/h5-8,10-14,16-18,20-23,25,27,36H,3-4,9,15,19,24,26,28-35H2,1-2H3,(H2,41,42,43)/b7-5+,8-6+,12-10+,13-11+,16-14+,18-17+,22-21+,23-20+,27-25+. The van der Waals surface area contributed by atoms with Gasteiger partial charge in [0, 0.05) is 12.8 Å². The molecule has 0 radical (unpaired) electrons. The molecular weight excluding hydrogens is 615 g/mol. The van der Waals surface area contributed by atoms with Crippen molar-refractivity contribution in [3.63, 3.8) is 0 Å². The van der Waals surface area contributed by atoms with E-state index in [2.05, 4.69) is 73.1 Å². The predicted octanol–water partition coefficient (Wildman–Crippen LogP) is 9.67. The van der Waals surface area contributed by atoms with E-state index in [1.807, 2.05) is 54.7 Å². The molecule has 0 aliphatic heterocycles. The molecule has 0 aliphatic carbocycles. The molecule has 0 fully saturated rings. The highest BCUT2D eigenvalue weighted by molar-refractivity contribution is 7.46. The van der Waals surface area contributed by atoms with Gasteiger partial charge in [-0.25, -0.2) is 4.57 Å². The lowest BCUT2D eigenvalue weighted by Gasteiger charge is -2.18. The lowest BCUT2D eigenvalue weighted by molar-refractivity contribution is -0.161. The van der Waals surface area contributed by atoms with Crippen LogP contribution in [0.2, 0.25) is 0 Å². The average molecular weight is 673 g/mol. The number of rotatable bonds is 28.